The number of aromatic amines is 2. The van der Waals surface area contributed by atoms with Gasteiger partial charge in [-0.1, -0.05) is 65.8 Å². The number of halogens is 4. The van der Waals surface area contributed by atoms with Gasteiger partial charge in [-0.3, -0.25) is 20.2 Å². The zero-order chi connectivity index (χ0) is 41.7. The van der Waals surface area contributed by atoms with Crippen LogP contribution < -0.4 is 0 Å². The number of pyridine rings is 4. The Balaban J connectivity index is 1.46. The summed E-state index contributed by atoms with van der Waals surface area (Å²) >= 11 is 0. The zero-order valence-electron chi connectivity index (χ0n) is 33.2. The Morgan fingerprint density at radius 2 is 0.729 bits per heavy atom. The van der Waals surface area contributed by atoms with Gasteiger partial charge in [0.2, 0.25) is 0 Å². The molecule has 0 unspecified atom stereocenters. The van der Waals surface area contributed by atoms with Gasteiger partial charge >= 0.3 is 0 Å². The van der Waals surface area contributed by atoms with Crippen LogP contribution in [0.4, 0.5) is 17.6 Å². The zero-order valence-corrected chi connectivity index (χ0v) is 33.2. The van der Waals surface area contributed by atoms with Crippen LogP contribution in [0.25, 0.3) is 45.3 Å². The molecule has 0 bridgehead atoms. The Morgan fingerprint density at radius 1 is 0.390 bits per heavy atom. The van der Waals surface area contributed by atoms with Crippen molar-refractivity contribution in [3.63, 3.8) is 0 Å². The predicted molar refractivity (Wildman–Crippen MR) is 219 cm³/mol. The molecule has 6 aromatic heterocycles. The highest BCUT2D eigenvalue weighted by molar-refractivity contribution is 5.66. The Bertz CT molecular complexity index is 2640. The SMILES string of the molecule is CC(C)(C)c1cc(-c2cccc(C(c3cccc(-c4cc(C(C)(C)C)[nH]n4)n3)(c3cccc(-c4ccc(F)cc4F)n3)c3cccc(-c4ccc(F)cc4F)n3)n2)n[nH]1. The first-order valence-corrected chi connectivity index (χ1v) is 19.0. The summed E-state index contributed by atoms with van der Waals surface area (Å²) in [5, 5.41) is 15.5. The number of aromatic nitrogens is 8. The van der Waals surface area contributed by atoms with Crippen molar-refractivity contribution in [1.29, 1.82) is 0 Å². The van der Waals surface area contributed by atoms with E-state index in [1.54, 1.807) is 36.4 Å². The molecule has 2 N–H and O–H groups in total. The van der Waals surface area contributed by atoms with Crippen molar-refractivity contribution in [1.82, 2.24) is 40.3 Å². The molecule has 8 aromatic rings. The fraction of sp³-hybridized carbons (Fsp3) is 0.191. The van der Waals surface area contributed by atoms with E-state index >= 15 is 8.78 Å². The Hall–Kier alpha value is -6.82. The highest BCUT2D eigenvalue weighted by atomic mass is 19.1. The topological polar surface area (TPSA) is 109 Å². The molecule has 0 saturated carbocycles. The Kier molecular flexibility index (Phi) is 9.82. The highest BCUT2D eigenvalue weighted by Gasteiger charge is 2.45. The average molecular weight is 793 g/mol. The van der Waals surface area contributed by atoms with Crippen LogP contribution in [0.5, 0.6) is 0 Å². The number of hydrogen-bond donors (Lipinski definition) is 2. The summed E-state index contributed by atoms with van der Waals surface area (Å²) in [6.07, 6.45) is 0. The molecule has 6 heterocycles. The van der Waals surface area contributed by atoms with Crippen LogP contribution >= 0.6 is 0 Å². The number of nitrogens with one attached hydrogen (secondary N) is 2. The van der Waals surface area contributed by atoms with E-state index in [0.717, 1.165) is 23.5 Å². The molecule has 12 heteroatoms. The largest absolute Gasteiger partial charge is 0.281 e. The van der Waals surface area contributed by atoms with Crippen molar-refractivity contribution in [2.75, 3.05) is 0 Å². The lowest BCUT2D eigenvalue weighted by molar-refractivity contribution is 0.566. The number of H-pyrrole nitrogens is 2. The molecule has 0 atom stereocenters. The summed E-state index contributed by atoms with van der Waals surface area (Å²) < 4.78 is 59.3. The maximum atomic E-state index is 15.5. The van der Waals surface area contributed by atoms with Gasteiger partial charge in [-0.05, 0) is 84.9 Å². The third-order valence-corrected chi connectivity index (χ3v) is 10.2. The van der Waals surface area contributed by atoms with Gasteiger partial charge in [0.15, 0.2) is 0 Å². The molecule has 0 radical (unpaired) electrons. The second-order valence-corrected chi connectivity index (χ2v) is 16.5. The van der Waals surface area contributed by atoms with E-state index < -0.39 is 28.7 Å². The molecule has 0 saturated heterocycles. The lowest BCUT2D eigenvalue weighted by Crippen LogP contribution is -2.35. The smallest absolute Gasteiger partial charge is 0.138 e. The van der Waals surface area contributed by atoms with Crippen molar-refractivity contribution in [2.45, 2.75) is 57.8 Å². The van der Waals surface area contributed by atoms with Crippen molar-refractivity contribution in [3.05, 3.63) is 179 Å². The van der Waals surface area contributed by atoms with Crippen LogP contribution in [0.1, 0.15) is 75.7 Å². The van der Waals surface area contributed by atoms with E-state index in [-0.39, 0.29) is 33.3 Å². The molecule has 2 aromatic carbocycles. The van der Waals surface area contributed by atoms with Gasteiger partial charge in [-0.25, -0.2) is 27.5 Å². The molecular formula is C47H40F4N8. The van der Waals surface area contributed by atoms with E-state index in [9.17, 15) is 8.78 Å². The maximum absolute atomic E-state index is 15.5. The third-order valence-electron chi connectivity index (χ3n) is 10.2. The average Bonchev–Trinajstić information content (AvgIpc) is 3.91. The van der Waals surface area contributed by atoms with Gasteiger partial charge < -0.3 is 0 Å². The van der Waals surface area contributed by atoms with Crippen molar-refractivity contribution < 1.29 is 17.6 Å². The summed E-state index contributed by atoms with van der Waals surface area (Å²) in [5.41, 5.74) is 4.00. The molecule has 0 spiro atoms. The van der Waals surface area contributed by atoms with E-state index in [2.05, 4.69) is 61.9 Å². The number of rotatable bonds is 8. The molecule has 0 aliphatic carbocycles. The van der Waals surface area contributed by atoms with Crippen LogP contribution in [-0.2, 0) is 16.2 Å². The van der Waals surface area contributed by atoms with Crippen LogP contribution in [-0.4, -0.2) is 40.3 Å². The molecule has 0 aliphatic heterocycles. The first-order chi connectivity index (χ1) is 28.1. The molecule has 59 heavy (non-hydrogen) atoms. The van der Waals surface area contributed by atoms with Crippen LogP contribution in [0.3, 0.4) is 0 Å². The first-order valence-electron chi connectivity index (χ1n) is 19.0. The van der Waals surface area contributed by atoms with Crippen LogP contribution in [0.2, 0.25) is 0 Å². The van der Waals surface area contributed by atoms with Gasteiger partial charge in [0.1, 0.15) is 40.1 Å². The molecule has 0 aliphatic rings. The first kappa shape index (κ1) is 39.0. The normalized spacial score (nSPS) is 12.2. The Morgan fingerprint density at radius 3 is 1.05 bits per heavy atom. The monoisotopic (exact) mass is 792 g/mol. The number of benzene rings is 2. The highest BCUT2D eigenvalue weighted by Crippen LogP contribution is 2.44. The van der Waals surface area contributed by atoms with E-state index in [1.807, 2.05) is 48.5 Å². The third kappa shape index (κ3) is 7.42. The summed E-state index contributed by atoms with van der Waals surface area (Å²) in [5.74, 6) is -3.05. The predicted octanol–water partition coefficient (Wildman–Crippen LogP) is 10.9. The maximum Gasteiger partial charge on any atom is 0.138 e. The van der Waals surface area contributed by atoms with E-state index in [4.69, 9.17) is 19.9 Å². The fourth-order valence-corrected chi connectivity index (χ4v) is 7.02. The van der Waals surface area contributed by atoms with Crippen LogP contribution in [0, 0.1) is 23.3 Å². The lowest BCUT2D eigenvalue weighted by atomic mass is 9.73. The Labute approximate surface area is 338 Å². The van der Waals surface area contributed by atoms with E-state index in [1.165, 1.54) is 24.3 Å². The molecule has 8 rings (SSSR count). The summed E-state index contributed by atoms with van der Waals surface area (Å²) in [7, 11) is 0. The van der Waals surface area contributed by atoms with Crippen molar-refractivity contribution in [2.24, 2.45) is 0 Å². The minimum atomic E-state index is -1.60. The fourth-order valence-electron chi connectivity index (χ4n) is 7.02. The van der Waals surface area contributed by atoms with Crippen LogP contribution in [0.15, 0.2) is 121 Å². The summed E-state index contributed by atoms with van der Waals surface area (Å²) in [4.78, 5) is 20.7. The quantitative estimate of drug-likeness (QED) is 0.148. The minimum Gasteiger partial charge on any atom is -0.281 e. The molecule has 0 amide bonds. The molecule has 0 fully saturated rings. The summed E-state index contributed by atoms with van der Waals surface area (Å²) in [6, 6.07) is 31.8. The number of nitrogens with zero attached hydrogens (tertiary/aromatic N) is 6. The van der Waals surface area contributed by atoms with Crippen molar-refractivity contribution >= 4 is 0 Å². The van der Waals surface area contributed by atoms with Gasteiger partial charge in [-0.2, -0.15) is 10.2 Å². The molecular weight excluding hydrogens is 753 g/mol. The van der Waals surface area contributed by atoms with Gasteiger partial charge in [0.25, 0.3) is 0 Å². The van der Waals surface area contributed by atoms with Gasteiger partial charge in [-0.15, -0.1) is 0 Å². The number of hydrogen-bond acceptors (Lipinski definition) is 6. The lowest BCUT2D eigenvalue weighted by Gasteiger charge is -2.33. The second kappa shape index (κ2) is 14.8. The molecule has 8 nitrogen and oxygen atoms in total. The van der Waals surface area contributed by atoms with Crippen molar-refractivity contribution in [3.8, 4) is 45.3 Å². The van der Waals surface area contributed by atoms with E-state index in [0.29, 0.717) is 45.6 Å². The summed E-state index contributed by atoms with van der Waals surface area (Å²) in [6.45, 7) is 12.5. The standard InChI is InChI=1S/C47H40F4N8/c1-45(2,3)43-25-37(56-58-43)35-13-9-17-41(54-35)47(39-15-7-11-33(52-39)29-21-19-27(48)23-31(29)50,40-16-8-12-34(53-40)30-22-20-28(49)24-32(30)51)42-18-10-14-36(55-42)38-26-44(59-57-38)46(4,5)6/h7-26H,1-6H3,(H,56,58)(H,57,59). The van der Waals surface area contributed by atoms with Gasteiger partial charge in [0, 0.05) is 45.5 Å². The second-order valence-electron chi connectivity index (χ2n) is 16.5. The minimum absolute atomic E-state index is 0.0677. The molecule has 296 valence electrons. The van der Waals surface area contributed by atoms with Gasteiger partial charge in [0.05, 0.1) is 45.6 Å².